The molecule has 0 rings (SSSR count). The molecule has 0 aliphatic heterocycles. The first kappa shape index (κ1) is 26.8. The Kier molecular flexibility index (Phi) is 33.5. The molecule has 0 saturated carbocycles. The second kappa shape index (κ2) is 22.5. The van der Waals surface area contributed by atoms with E-state index in [9.17, 15) is 0 Å². The van der Waals surface area contributed by atoms with Gasteiger partial charge in [-0.2, -0.15) is 0 Å². The van der Waals surface area contributed by atoms with Crippen LogP contribution in [0.1, 0.15) is 27.7 Å². The molecule has 18 heavy (non-hydrogen) atoms. The summed E-state index contributed by atoms with van der Waals surface area (Å²) in [5, 5.41) is 18.3. The second-order valence-electron chi connectivity index (χ2n) is 2.60. The summed E-state index contributed by atoms with van der Waals surface area (Å²) >= 11 is 8.32. The van der Waals surface area contributed by atoms with Gasteiger partial charge in [0, 0.05) is 13.1 Å². The molecule has 0 saturated heterocycles. The van der Waals surface area contributed by atoms with Crippen LogP contribution in [0.15, 0.2) is 0 Å². The molecule has 0 radical (unpaired) electrons. The Hall–Kier alpha value is 0.340. The van der Waals surface area contributed by atoms with Gasteiger partial charge in [-0.3, -0.25) is 0 Å². The van der Waals surface area contributed by atoms with Crippen molar-refractivity contribution in [1.29, 1.82) is 0 Å². The fourth-order valence-electron chi connectivity index (χ4n) is 0.861. The molecule has 0 fully saturated rings. The van der Waals surface area contributed by atoms with Crippen LogP contribution in [0.4, 0.5) is 0 Å². The Balaban J connectivity index is -0.000000119. The van der Waals surface area contributed by atoms with Crippen molar-refractivity contribution in [1.82, 2.24) is 10.2 Å². The fourth-order valence-corrected chi connectivity index (χ4v) is 0.963. The third-order valence-electron chi connectivity index (χ3n) is 1.60. The average molecular weight is 307 g/mol. The number of thiocarbonyl (C=S) groups is 2. The van der Waals surface area contributed by atoms with Crippen LogP contribution in [0.25, 0.3) is 0 Å². The van der Waals surface area contributed by atoms with Crippen molar-refractivity contribution in [3.63, 3.8) is 0 Å². The van der Waals surface area contributed by atoms with Crippen molar-refractivity contribution in [2.45, 2.75) is 27.7 Å². The van der Waals surface area contributed by atoms with E-state index >= 15 is 0 Å². The maximum atomic E-state index is 8.61. The quantitative estimate of drug-likeness (QED) is 0.444. The van der Waals surface area contributed by atoms with Gasteiger partial charge in [0.1, 0.15) is 0 Å². The first-order chi connectivity index (χ1) is 7.93. The minimum atomic E-state index is -0.500. The van der Waals surface area contributed by atoms with Crippen molar-refractivity contribution in [3.05, 3.63) is 0 Å². The molecule has 0 aromatic rings. The predicted molar refractivity (Wildman–Crippen MR) is 88.9 cm³/mol. The summed E-state index contributed by atoms with van der Waals surface area (Å²) in [4.78, 5) is 2.26. The maximum absolute atomic E-state index is 8.61. The van der Waals surface area contributed by atoms with Crippen molar-refractivity contribution in [2.75, 3.05) is 26.2 Å². The van der Waals surface area contributed by atoms with Gasteiger partial charge in [0.05, 0.1) is 0 Å². The van der Waals surface area contributed by atoms with Crippen molar-refractivity contribution in [2.24, 2.45) is 5.73 Å². The molecule has 0 aliphatic rings. The van der Waals surface area contributed by atoms with E-state index < -0.39 is 5.17 Å². The molecular formula is C10H26N3NaO2S2. The molecule has 0 aromatic carbocycles. The Morgan fingerprint density at radius 3 is 1.72 bits per heavy atom. The normalized spacial score (nSPS) is 7.83. The van der Waals surface area contributed by atoms with Crippen LogP contribution >= 0.6 is 24.4 Å². The van der Waals surface area contributed by atoms with E-state index in [4.69, 9.17) is 10.2 Å². The van der Waals surface area contributed by atoms with E-state index in [1.54, 1.807) is 0 Å². The fraction of sp³-hybridized carbons (Fsp3) is 0.800. The third-order valence-corrected chi connectivity index (χ3v) is 1.74. The van der Waals surface area contributed by atoms with Crippen LogP contribution in [0.2, 0.25) is 0 Å². The van der Waals surface area contributed by atoms with Crippen molar-refractivity contribution in [3.8, 4) is 0 Å². The summed E-state index contributed by atoms with van der Waals surface area (Å²) in [6.07, 6.45) is 0. The van der Waals surface area contributed by atoms with E-state index in [0.29, 0.717) is 0 Å². The van der Waals surface area contributed by atoms with Gasteiger partial charge in [0.15, 0.2) is 0 Å². The number of rotatable bonds is 5. The Labute approximate surface area is 143 Å². The molecule has 0 unspecified atom stereocenters. The van der Waals surface area contributed by atoms with Crippen LogP contribution in [-0.4, -0.2) is 81.2 Å². The van der Waals surface area contributed by atoms with Gasteiger partial charge in [0.2, 0.25) is 0 Å². The minimum absolute atomic E-state index is 0. The number of nitrogens with two attached hydrogens (primary N) is 1. The Morgan fingerprint density at radius 1 is 1.17 bits per heavy atom. The first-order valence-corrected chi connectivity index (χ1v) is 6.43. The zero-order chi connectivity index (χ0) is 14.3. The number of nitrogens with zero attached hydrogens (tertiary/aromatic N) is 1. The molecule has 5 N–H and O–H groups in total. The van der Waals surface area contributed by atoms with Crippen LogP contribution in [-0.2, 0) is 0 Å². The topological polar surface area (TPSA) is 81.8 Å². The zero-order valence-electron chi connectivity index (χ0n) is 11.1. The second-order valence-corrected chi connectivity index (χ2v) is 3.40. The molecule has 106 valence electrons. The van der Waals surface area contributed by atoms with Gasteiger partial charge in [-0.1, -0.05) is 27.7 Å². The molecule has 8 heteroatoms. The number of hydrogen-bond donors (Lipinski definition) is 4. The van der Waals surface area contributed by atoms with Gasteiger partial charge in [-0.15, -0.1) is 0 Å². The van der Waals surface area contributed by atoms with Crippen molar-refractivity contribution < 1.29 is 10.2 Å². The standard InChI is InChI=1S/C7H16N2OS.C2H6.CH3NOS.Na.H/c1-3-9(4-2)6-5-8-7(10)11;1-2;2-1(3)4;;/h3-6H2,1-2H3,(H2,8,10,11);1-2H3;(H3,2,3,4);;. The molecule has 0 aromatic heterocycles. The predicted octanol–water partition coefficient (Wildman–Crippen LogP) is 0.926. The first-order valence-electron chi connectivity index (χ1n) is 5.61. The average Bonchev–Trinajstić information content (AvgIpc) is 2.26. The number of likely N-dealkylation sites (N-methyl/N-ethyl adjacent to an activating group) is 1. The van der Waals surface area contributed by atoms with E-state index in [-0.39, 0.29) is 34.7 Å². The summed E-state index contributed by atoms with van der Waals surface area (Å²) in [5.74, 6) is 0. The van der Waals surface area contributed by atoms with Crippen LogP contribution in [0.5, 0.6) is 0 Å². The van der Waals surface area contributed by atoms with Gasteiger partial charge in [-0.25, -0.2) is 0 Å². The van der Waals surface area contributed by atoms with E-state index in [1.807, 2.05) is 13.8 Å². The van der Waals surface area contributed by atoms with Gasteiger partial charge in [-0.05, 0) is 37.5 Å². The van der Waals surface area contributed by atoms with Crippen LogP contribution < -0.4 is 11.1 Å². The number of aliphatic hydroxyl groups excluding tert-OH is 2. The summed E-state index contributed by atoms with van der Waals surface area (Å²) < 4.78 is 0. The van der Waals surface area contributed by atoms with Crippen molar-refractivity contribution >= 4 is 64.3 Å². The summed E-state index contributed by atoms with van der Waals surface area (Å²) in [6, 6.07) is 0. The molecule has 0 aliphatic carbocycles. The van der Waals surface area contributed by atoms with E-state index in [2.05, 4.69) is 54.2 Å². The molecule has 0 spiro atoms. The molecule has 0 bridgehead atoms. The molecule has 0 atom stereocenters. The monoisotopic (exact) mass is 307 g/mol. The Bertz CT molecular complexity index is 190. The SMILES string of the molecule is CC.CCN(CC)CCNC(O)=S.NC(O)=S.[NaH]. The number of hydrogen-bond acceptors (Lipinski definition) is 3. The zero-order valence-corrected chi connectivity index (χ0v) is 12.7. The molecule has 0 amide bonds. The molecule has 0 heterocycles. The van der Waals surface area contributed by atoms with E-state index in [1.165, 1.54) is 0 Å². The van der Waals surface area contributed by atoms with Gasteiger partial charge < -0.3 is 26.2 Å². The number of aliphatic hydroxyl groups is 2. The molecular weight excluding hydrogens is 281 g/mol. The third kappa shape index (κ3) is 36.0. The van der Waals surface area contributed by atoms with Crippen LogP contribution in [0, 0.1) is 0 Å². The van der Waals surface area contributed by atoms with E-state index in [0.717, 1.165) is 26.2 Å². The van der Waals surface area contributed by atoms with Gasteiger partial charge in [0.25, 0.3) is 10.3 Å². The summed E-state index contributed by atoms with van der Waals surface area (Å²) in [5.41, 5.74) is 4.40. The van der Waals surface area contributed by atoms with Crippen LogP contribution in [0.3, 0.4) is 0 Å². The Morgan fingerprint density at radius 2 is 1.50 bits per heavy atom. The summed E-state index contributed by atoms with van der Waals surface area (Å²) in [7, 11) is 0. The van der Waals surface area contributed by atoms with Gasteiger partial charge >= 0.3 is 29.6 Å². The number of nitrogens with one attached hydrogen (secondary N) is 1. The summed E-state index contributed by atoms with van der Waals surface area (Å²) in [6.45, 7) is 11.9. The molecule has 5 nitrogen and oxygen atoms in total.